The topological polar surface area (TPSA) is 62.0 Å². The van der Waals surface area contributed by atoms with Gasteiger partial charge in [-0.2, -0.15) is 0 Å². The van der Waals surface area contributed by atoms with Crippen molar-refractivity contribution < 1.29 is 4.79 Å². The number of pyridine rings is 1. The number of aromatic nitrogens is 1. The number of unbranched alkanes of at least 4 members (excludes halogenated alkanes) is 1. The Kier molecular flexibility index (Phi) is 4.79. The second-order valence-electron chi connectivity index (χ2n) is 6.57. The Hall–Kier alpha value is -2.10. The summed E-state index contributed by atoms with van der Waals surface area (Å²) < 4.78 is 0. The number of H-pyrrole nitrogens is 1. The van der Waals surface area contributed by atoms with Gasteiger partial charge < -0.3 is 10.3 Å². The van der Waals surface area contributed by atoms with Gasteiger partial charge in [-0.25, -0.2) is 0 Å². The molecule has 2 N–H and O–H groups in total. The summed E-state index contributed by atoms with van der Waals surface area (Å²) in [5.41, 5.74) is 2.55. The Morgan fingerprint density at radius 2 is 2.13 bits per heavy atom. The molecule has 0 radical (unpaired) electrons. The van der Waals surface area contributed by atoms with Gasteiger partial charge in [0.1, 0.15) is 0 Å². The predicted octanol–water partition coefficient (Wildman–Crippen LogP) is 4.00. The number of nitrogens with one attached hydrogen (secondary N) is 2. The lowest BCUT2D eigenvalue weighted by Gasteiger charge is -2.24. The fourth-order valence-corrected chi connectivity index (χ4v) is 3.16. The van der Waals surface area contributed by atoms with Crippen LogP contribution < -0.4 is 10.9 Å². The molecule has 1 aromatic carbocycles. The lowest BCUT2D eigenvalue weighted by Crippen LogP contribution is -2.20. The molecule has 0 saturated heterocycles. The summed E-state index contributed by atoms with van der Waals surface area (Å²) in [5.74, 6) is 0.620. The summed E-state index contributed by atoms with van der Waals surface area (Å²) in [5, 5.41) is 4.02. The highest BCUT2D eigenvalue weighted by Crippen LogP contribution is 2.29. The maximum absolute atomic E-state index is 12.0. The summed E-state index contributed by atoms with van der Waals surface area (Å²) in [6.07, 6.45) is 7.26. The van der Waals surface area contributed by atoms with Crippen LogP contribution in [0.1, 0.15) is 51.0 Å². The molecule has 0 atom stereocenters. The SMILES string of the molecule is CCCCc1cc(=O)[nH]c2cc(NC(=O)CC3CCC3)ccc12. The molecule has 2 aromatic rings. The second-order valence-corrected chi connectivity index (χ2v) is 6.57. The van der Waals surface area contributed by atoms with Crippen molar-refractivity contribution in [3.8, 4) is 0 Å². The average molecular weight is 312 g/mol. The Bertz CT molecular complexity index is 760. The van der Waals surface area contributed by atoms with E-state index >= 15 is 0 Å². The Morgan fingerprint density at radius 1 is 1.30 bits per heavy atom. The van der Waals surface area contributed by atoms with Crippen molar-refractivity contribution >= 4 is 22.5 Å². The number of aryl methyl sites for hydroxylation is 1. The highest BCUT2D eigenvalue weighted by molar-refractivity contribution is 5.94. The first-order valence-corrected chi connectivity index (χ1v) is 8.61. The standard InChI is InChI=1S/C19H24N2O2/c1-2-3-7-14-11-19(23)21-17-12-15(8-9-16(14)17)20-18(22)10-13-5-4-6-13/h8-9,11-13H,2-7,10H2,1H3,(H,20,22)(H,21,23). The molecule has 1 saturated carbocycles. The number of benzene rings is 1. The molecule has 4 heteroatoms. The van der Waals surface area contributed by atoms with E-state index < -0.39 is 0 Å². The minimum absolute atomic E-state index is 0.0681. The predicted molar refractivity (Wildman–Crippen MR) is 93.8 cm³/mol. The number of carbonyl (C=O) groups is 1. The molecule has 3 rings (SSSR count). The van der Waals surface area contributed by atoms with Crippen LogP contribution in [0.25, 0.3) is 10.9 Å². The minimum Gasteiger partial charge on any atom is -0.326 e. The van der Waals surface area contributed by atoms with Gasteiger partial charge in [0.15, 0.2) is 0 Å². The van der Waals surface area contributed by atoms with Crippen molar-refractivity contribution in [2.75, 3.05) is 5.32 Å². The first-order valence-electron chi connectivity index (χ1n) is 8.61. The Morgan fingerprint density at radius 3 is 2.83 bits per heavy atom. The van der Waals surface area contributed by atoms with Gasteiger partial charge in [-0.3, -0.25) is 9.59 Å². The minimum atomic E-state index is -0.0819. The summed E-state index contributed by atoms with van der Waals surface area (Å²) in [4.78, 5) is 26.8. The van der Waals surface area contributed by atoms with Crippen LogP contribution in [0.4, 0.5) is 5.69 Å². The smallest absolute Gasteiger partial charge is 0.248 e. The molecule has 1 amide bonds. The molecule has 122 valence electrons. The van der Waals surface area contributed by atoms with Gasteiger partial charge >= 0.3 is 0 Å². The van der Waals surface area contributed by atoms with Crippen LogP contribution in [0.15, 0.2) is 29.1 Å². The third-order valence-electron chi connectivity index (χ3n) is 4.71. The molecule has 1 aromatic heterocycles. The normalized spacial score (nSPS) is 14.7. The van der Waals surface area contributed by atoms with E-state index in [4.69, 9.17) is 0 Å². The maximum Gasteiger partial charge on any atom is 0.248 e. The van der Waals surface area contributed by atoms with Gasteiger partial charge in [0.2, 0.25) is 11.5 Å². The second kappa shape index (κ2) is 6.99. The monoisotopic (exact) mass is 312 g/mol. The van der Waals surface area contributed by atoms with Gasteiger partial charge in [-0.15, -0.1) is 0 Å². The number of fused-ring (bicyclic) bond motifs is 1. The number of carbonyl (C=O) groups excluding carboxylic acids is 1. The highest BCUT2D eigenvalue weighted by atomic mass is 16.1. The van der Waals surface area contributed by atoms with Crippen LogP contribution in [0.5, 0.6) is 0 Å². The third-order valence-corrected chi connectivity index (χ3v) is 4.71. The number of hydrogen-bond donors (Lipinski definition) is 2. The van der Waals surface area contributed by atoms with E-state index in [1.54, 1.807) is 6.07 Å². The Balaban J connectivity index is 1.80. The molecular weight excluding hydrogens is 288 g/mol. The zero-order chi connectivity index (χ0) is 16.2. The van der Waals surface area contributed by atoms with Crippen molar-refractivity contribution in [2.45, 2.75) is 51.9 Å². The summed E-state index contributed by atoms with van der Waals surface area (Å²) in [6, 6.07) is 7.47. The van der Waals surface area contributed by atoms with Crippen LogP contribution in [0, 0.1) is 5.92 Å². The van der Waals surface area contributed by atoms with Gasteiger partial charge in [-0.05, 0) is 49.3 Å². The molecule has 1 heterocycles. The van der Waals surface area contributed by atoms with E-state index in [1.165, 1.54) is 19.3 Å². The number of amides is 1. The van der Waals surface area contributed by atoms with Crippen LogP contribution in [0.3, 0.4) is 0 Å². The van der Waals surface area contributed by atoms with Crippen LogP contribution in [0.2, 0.25) is 0 Å². The molecule has 4 nitrogen and oxygen atoms in total. The number of anilines is 1. The van der Waals surface area contributed by atoms with Gasteiger partial charge in [0.25, 0.3) is 0 Å². The van der Waals surface area contributed by atoms with Gasteiger partial charge in [0.05, 0.1) is 5.52 Å². The fraction of sp³-hybridized carbons (Fsp3) is 0.474. The molecule has 23 heavy (non-hydrogen) atoms. The quantitative estimate of drug-likeness (QED) is 0.847. The van der Waals surface area contributed by atoms with E-state index in [0.29, 0.717) is 12.3 Å². The van der Waals surface area contributed by atoms with Crippen molar-refractivity contribution in [3.63, 3.8) is 0 Å². The van der Waals surface area contributed by atoms with Crippen molar-refractivity contribution in [1.82, 2.24) is 4.98 Å². The molecule has 0 unspecified atom stereocenters. The third kappa shape index (κ3) is 3.81. The summed E-state index contributed by atoms with van der Waals surface area (Å²) in [6.45, 7) is 2.14. The lowest BCUT2D eigenvalue weighted by atomic mass is 9.83. The maximum atomic E-state index is 12.0. The van der Waals surface area contributed by atoms with Crippen LogP contribution >= 0.6 is 0 Å². The highest BCUT2D eigenvalue weighted by Gasteiger charge is 2.20. The molecular formula is C19H24N2O2. The molecule has 1 aliphatic rings. The first kappa shape index (κ1) is 15.8. The van der Waals surface area contributed by atoms with Gasteiger partial charge in [-0.1, -0.05) is 25.8 Å². The van der Waals surface area contributed by atoms with Crippen molar-refractivity contribution in [1.29, 1.82) is 0 Å². The molecule has 0 bridgehead atoms. The van der Waals surface area contributed by atoms with Gasteiger partial charge in [0, 0.05) is 23.6 Å². The summed E-state index contributed by atoms with van der Waals surface area (Å²) >= 11 is 0. The number of rotatable bonds is 6. The van der Waals surface area contributed by atoms with Crippen molar-refractivity contribution in [2.24, 2.45) is 5.92 Å². The lowest BCUT2D eigenvalue weighted by molar-refractivity contribution is -0.117. The summed E-state index contributed by atoms with van der Waals surface area (Å²) in [7, 11) is 0. The molecule has 1 aliphatic carbocycles. The van der Waals surface area contributed by atoms with E-state index in [9.17, 15) is 9.59 Å². The average Bonchev–Trinajstić information content (AvgIpc) is 2.48. The van der Waals surface area contributed by atoms with Crippen LogP contribution in [-0.2, 0) is 11.2 Å². The Labute approximate surface area is 136 Å². The largest absolute Gasteiger partial charge is 0.326 e. The van der Waals surface area contributed by atoms with E-state index in [1.807, 2.05) is 18.2 Å². The number of aromatic amines is 1. The van der Waals surface area contributed by atoms with E-state index in [-0.39, 0.29) is 11.5 Å². The van der Waals surface area contributed by atoms with Crippen LogP contribution in [-0.4, -0.2) is 10.9 Å². The fourth-order valence-electron chi connectivity index (χ4n) is 3.16. The molecule has 0 spiro atoms. The van der Waals surface area contributed by atoms with E-state index in [2.05, 4.69) is 17.2 Å². The van der Waals surface area contributed by atoms with E-state index in [0.717, 1.165) is 41.4 Å². The zero-order valence-corrected chi connectivity index (χ0v) is 13.7. The number of hydrogen-bond acceptors (Lipinski definition) is 2. The zero-order valence-electron chi connectivity index (χ0n) is 13.7. The van der Waals surface area contributed by atoms with Crippen molar-refractivity contribution in [3.05, 3.63) is 40.2 Å². The molecule has 1 fully saturated rings. The molecule has 0 aliphatic heterocycles. The first-order chi connectivity index (χ1) is 11.2.